The Bertz CT molecular complexity index is 723. The van der Waals surface area contributed by atoms with Crippen molar-refractivity contribution in [3.63, 3.8) is 0 Å². The number of benzene rings is 2. The van der Waals surface area contributed by atoms with Crippen LogP contribution < -0.4 is 9.46 Å². The summed E-state index contributed by atoms with van der Waals surface area (Å²) in [5.41, 5.74) is 0.513. The number of rotatable bonds is 5. The van der Waals surface area contributed by atoms with Crippen LogP contribution in [-0.4, -0.2) is 14.5 Å². The maximum Gasteiger partial charge on any atom is 0.261 e. The minimum absolute atomic E-state index is 0.247. The summed E-state index contributed by atoms with van der Waals surface area (Å²) in [4.78, 5) is 0.247. The van der Waals surface area contributed by atoms with Crippen molar-refractivity contribution in [3.05, 3.63) is 54.6 Å². The molecule has 0 radical (unpaired) electrons. The Hall–Kier alpha value is -2.01. The molecule has 0 aromatic heterocycles. The lowest BCUT2D eigenvalue weighted by molar-refractivity contribution is 0.210. The number of hydrogen-bond acceptors (Lipinski definition) is 3. The van der Waals surface area contributed by atoms with Crippen molar-refractivity contribution in [2.24, 2.45) is 0 Å². The van der Waals surface area contributed by atoms with Gasteiger partial charge in [-0.15, -0.1) is 0 Å². The summed E-state index contributed by atoms with van der Waals surface area (Å²) >= 11 is 0. The molecule has 5 heteroatoms. The molecule has 0 saturated heterocycles. The lowest BCUT2D eigenvalue weighted by atomic mass is 10.3. The zero-order valence-electron chi connectivity index (χ0n) is 12.2. The second-order valence-corrected chi connectivity index (χ2v) is 7.15. The van der Waals surface area contributed by atoms with Gasteiger partial charge in [-0.3, -0.25) is 4.72 Å². The van der Waals surface area contributed by atoms with Crippen molar-refractivity contribution >= 4 is 15.7 Å². The summed E-state index contributed by atoms with van der Waals surface area (Å²) in [6.45, 7) is 0. The largest absolute Gasteiger partial charge is 0.490 e. The Labute approximate surface area is 131 Å². The fraction of sp³-hybridized carbons (Fsp3) is 0.294. The van der Waals surface area contributed by atoms with Crippen molar-refractivity contribution in [3.8, 4) is 5.75 Å². The molecule has 1 saturated carbocycles. The summed E-state index contributed by atoms with van der Waals surface area (Å²) in [5.74, 6) is 0.708. The third-order valence-corrected chi connectivity index (χ3v) is 5.14. The predicted molar refractivity (Wildman–Crippen MR) is 86.6 cm³/mol. The van der Waals surface area contributed by atoms with Crippen molar-refractivity contribution in [2.45, 2.75) is 36.7 Å². The average molecular weight is 317 g/mol. The molecule has 0 unspecified atom stereocenters. The van der Waals surface area contributed by atoms with E-state index in [-0.39, 0.29) is 11.0 Å². The summed E-state index contributed by atoms with van der Waals surface area (Å²) in [6.07, 6.45) is 4.79. The molecule has 0 aliphatic heterocycles. The highest BCUT2D eigenvalue weighted by molar-refractivity contribution is 7.92. The van der Waals surface area contributed by atoms with Crippen LogP contribution in [0.25, 0.3) is 0 Å². The predicted octanol–water partition coefficient (Wildman–Crippen LogP) is 3.81. The van der Waals surface area contributed by atoms with Crippen molar-refractivity contribution in [1.82, 2.24) is 0 Å². The molecule has 1 aliphatic carbocycles. The number of hydrogen-bond donors (Lipinski definition) is 1. The third kappa shape index (κ3) is 3.60. The van der Waals surface area contributed by atoms with Crippen LogP contribution >= 0.6 is 0 Å². The van der Waals surface area contributed by atoms with Gasteiger partial charge in [-0.2, -0.15) is 0 Å². The van der Waals surface area contributed by atoms with E-state index in [2.05, 4.69) is 4.72 Å². The molecular weight excluding hydrogens is 298 g/mol. The second-order valence-electron chi connectivity index (χ2n) is 5.47. The van der Waals surface area contributed by atoms with Gasteiger partial charge >= 0.3 is 0 Å². The first kappa shape index (κ1) is 14.9. The van der Waals surface area contributed by atoms with E-state index in [0.717, 1.165) is 12.8 Å². The van der Waals surface area contributed by atoms with Crippen LogP contribution in [0.3, 0.4) is 0 Å². The fourth-order valence-corrected chi connectivity index (χ4v) is 3.72. The van der Waals surface area contributed by atoms with Gasteiger partial charge in [0.05, 0.1) is 16.7 Å². The monoisotopic (exact) mass is 317 g/mol. The van der Waals surface area contributed by atoms with Crippen molar-refractivity contribution in [2.75, 3.05) is 4.72 Å². The first-order valence-electron chi connectivity index (χ1n) is 7.48. The third-order valence-electron chi connectivity index (χ3n) is 3.74. The van der Waals surface area contributed by atoms with Gasteiger partial charge in [0, 0.05) is 6.07 Å². The molecule has 0 bridgehead atoms. The van der Waals surface area contributed by atoms with Gasteiger partial charge in [-0.1, -0.05) is 24.3 Å². The molecule has 22 heavy (non-hydrogen) atoms. The maximum atomic E-state index is 12.3. The molecule has 1 N–H and O–H groups in total. The molecule has 0 atom stereocenters. The normalized spacial score (nSPS) is 15.6. The molecule has 3 rings (SSSR count). The van der Waals surface area contributed by atoms with Gasteiger partial charge in [0.15, 0.2) is 0 Å². The lowest BCUT2D eigenvalue weighted by Gasteiger charge is -2.14. The molecule has 1 aliphatic rings. The van der Waals surface area contributed by atoms with Crippen LogP contribution in [0, 0.1) is 0 Å². The van der Waals surface area contributed by atoms with E-state index in [9.17, 15) is 8.42 Å². The Kier molecular flexibility index (Phi) is 4.34. The number of anilines is 1. The first-order valence-corrected chi connectivity index (χ1v) is 8.96. The van der Waals surface area contributed by atoms with Crippen LogP contribution in [0.5, 0.6) is 5.75 Å². The summed E-state index contributed by atoms with van der Waals surface area (Å²) < 4.78 is 33.1. The van der Waals surface area contributed by atoms with E-state index in [0.29, 0.717) is 11.4 Å². The second kappa shape index (κ2) is 6.40. The zero-order valence-corrected chi connectivity index (χ0v) is 13.1. The topological polar surface area (TPSA) is 55.4 Å². The number of nitrogens with one attached hydrogen (secondary N) is 1. The van der Waals surface area contributed by atoms with Crippen LogP contribution in [0.15, 0.2) is 59.5 Å². The number of sulfonamides is 1. The molecule has 1 fully saturated rings. The van der Waals surface area contributed by atoms with E-state index in [4.69, 9.17) is 4.74 Å². The quantitative estimate of drug-likeness (QED) is 0.912. The highest BCUT2D eigenvalue weighted by Crippen LogP contribution is 2.26. The van der Waals surface area contributed by atoms with E-state index in [1.54, 1.807) is 48.5 Å². The molecular formula is C17H19NO3S. The van der Waals surface area contributed by atoms with Crippen molar-refractivity contribution < 1.29 is 13.2 Å². The standard InChI is InChI=1S/C17H19NO3S/c19-22(20,17-11-2-1-3-12-17)18-14-7-6-10-16(13-14)21-15-8-4-5-9-15/h1-3,6-7,10-13,15,18H,4-5,8-9H2. The summed E-state index contributed by atoms with van der Waals surface area (Å²) in [6, 6.07) is 15.5. The van der Waals surface area contributed by atoms with E-state index in [1.807, 2.05) is 6.07 Å². The molecule has 0 heterocycles. The van der Waals surface area contributed by atoms with Crippen LogP contribution in [0.4, 0.5) is 5.69 Å². The Balaban J connectivity index is 1.75. The van der Waals surface area contributed by atoms with Crippen molar-refractivity contribution in [1.29, 1.82) is 0 Å². The van der Waals surface area contributed by atoms with Crippen LogP contribution in [-0.2, 0) is 10.0 Å². The Morgan fingerprint density at radius 2 is 1.68 bits per heavy atom. The minimum atomic E-state index is -3.56. The molecule has 0 amide bonds. The van der Waals surface area contributed by atoms with Gasteiger partial charge in [0.1, 0.15) is 5.75 Å². The van der Waals surface area contributed by atoms with E-state index in [1.165, 1.54) is 12.8 Å². The maximum absolute atomic E-state index is 12.3. The van der Waals surface area contributed by atoms with Gasteiger partial charge in [-0.05, 0) is 49.9 Å². The molecule has 2 aromatic carbocycles. The van der Waals surface area contributed by atoms with Gasteiger partial charge < -0.3 is 4.74 Å². The molecule has 0 spiro atoms. The molecule has 116 valence electrons. The van der Waals surface area contributed by atoms with Crippen LogP contribution in [0.2, 0.25) is 0 Å². The summed E-state index contributed by atoms with van der Waals surface area (Å²) in [5, 5.41) is 0. The average Bonchev–Trinajstić information content (AvgIpc) is 3.01. The number of ether oxygens (including phenoxy) is 1. The smallest absolute Gasteiger partial charge is 0.261 e. The molecule has 2 aromatic rings. The first-order chi connectivity index (χ1) is 10.6. The zero-order chi connectivity index (χ0) is 15.4. The van der Waals surface area contributed by atoms with Gasteiger partial charge in [0.2, 0.25) is 0 Å². The highest BCUT2D eigenvalue weighted by Gasteiger charge is 2.17. The SMILES string of the molecule is O=S(=O)(Nc1cccc(OC2CCCC2)c1)c1ccccc1. The molecule has 4 nitrogen and oxygen atoms in total. The fourth-order valence-electron chi connectivity index (χ4n) is 2.65. The Morgan fingerprint density at radius 1 is 0.955 bits per heavy atom. The Morgan fingerprint density at radius 3 is 2.41 bits per heavy atom. The highest BCUT2D eigenvalue weighted by atomic mass is 32.2. The van der Waals surface area contributed by atoms with Gasteiger partial charge in [-0.25, -0.2) is 8.42 Å². The van der Waals surface area contributed by atoms with Crippen LogP contribution in [0.1, 0.15) is 25.7 Å². The van der Waals surface area contributed by atoms with Gasteiger partial charge in [0.25, 0.3) is 10.0 Å². The van der Waals surface area contributed by atoms with E-state index >= 15 is 0 Å². The summed E-state index contributed by atoms with van der Waals surface area (Å²) in [7, 11) is -3.56. The minimum Gasteiger partial charge on any atom is -0.490 e. The lowest BCUT2D eigenvalue weighted by Crippen LogP contribution is -2.14. The van der Waals surface area contributed by atoms with E-state index < -0.39 is 10.0 Å².